The van der Waals surface area contributed by atoms with Crippen molar-refractivity contribution in [2.45, 2.75) is 13.1 Å². The first-order valence-corrected chi connectivity index (χ1v) is 6.49. The van der Waals surface area contributed by atoms with E-state index in [2.05, 4.69) is 4.98 Å². The maximum absolute atomic E-state index is 12.4. The molecule has 20 heavy (non-hydrogen) atoms. The molecular weight excluding hydrogens is 285 g/mol. The second kappa shape index (κ2) is 5.47. The van der Waals surface area contributed by atoms with Gasteiger partial charge in [-0.2, -0.15) is 18.4 Å². The van der Waals surface area contributed by atoms with Gasteiger partial charge in [0, 0.05) is 11.1 Å². The third kappa shape index (κ3) is 3.25. The van der Waals surface area contributed by atoms with E-state index in [4.69, 9.17) is 5.26 Å². The Morgan fingerprint density at radius 3 is 2.40 bits per heavy atom. The third-order valence-corrected chi connectivity index (χ3v) is 3.51. The lowest BCUT2D eigenvalue weighted by molar-refractivity contribution is -0.137. The zero-order chi connectivity index (χ0) is 14.8. The number of alkyl halides is 3. The summed E-state index contributed by atoms with van der Waals surface area (Å²) in [5.74, 6) is 0. The Bertz CT molecular complexity index is 676. The molecule has 0 atom stereocenters. The van der Waals surface area contributed by atoms with Crippen LogP contribution in [0.15, 0.2) is 29.6 Å². The van der Waals surface area contributed by atoms with Gasteiger partial charge in [-0.25, -0.2) is 4.98 Å². The molecule has 0 unspecified atom stereocenters. The number of hydrogen-bond donors (Lipinski definition) is 0. The standard InChI is InChI=1S/C14H9F3N2S/c1-9-8-20-13(19-9)11(7-18)6-10-2-4-12(5-3-10)14(15,16)17/h2-6,8H,1H3/b11-6+. The molecule has 2 rings (SSSR count). The first kappa shape index (κ1) is 14.3. The number of aryl methyl sites for hydroxylation is 1. The van der Waals surface area contributed by atoms with E-state index in [0.29, 0.717) is 16.1 Å². The summed E-state index contributed by atoms with van der Waals surface area (Å²) in [4.78, 5) is 4.18. The number of rotatable bonds is 2. The van der Waals surface area contributed by atoms with Crippen molar-refractivity contribution in [3.8, 4) is 6.07 Å². The molecular formula is C14H9F3N2S. The van der Waals surface area contributed by atoms with Crippen molar-refractivity contribution in [2.24, 2.45) is 0 Å². The lowest BCUT2D eigenvalue weighted by Crippen LogP contribution is -2.03. The molecule has 0 N–H and O–H groups in total. The summed E-state index contributed by atoms with van der Waals surface area (Å²) >= 11 is 1.33. The lowest BCUT2D eigenvalue weighted by Gasteiger charge is -2.06. The number of nitriles is 1. The van der Waals surface area contributed by atoms with Crippen molar-refractivity contribution in [1.82, 2.24) is 4.98 Å². The van der Waals surface area contributed by atoms with E-state index in [1.807, 2.05) is 18.4 Å². The summed E-state index contributed by atoms with van der Waals surface area (Å²) in [5.41, 5.74) is 0.960. The highest BCUT2D eigenvalue weighted by atomic mass is 32.1. The molecule has 0 amide bonds. The predicted octanol–water partition coefficient (Wildman–Crippen LogP) is 4.53. The fourth-order valence-electron chi connectivity index (χ4n) is 1.55. The number of hydrogen-bond acceptors (Lipinski definition) is 3. The molecule has 0 bridgehead atoms. The first-order chi connectivity index (χ1) is 9.40. The number of thiazole rings is 1. The summed E-state index contributed by atoms with van der Waals surface area (Å²) in [7, 11) is 0. The summed E-state index contributed by atoms with van der Waals surface area (Å²) in [6, 6.07) is 6.67. The van der Waals surface area contributed by atoms with Gasteiger partial charge in [0.15, 0.2) is 0 Å². The summed E-state index contributed by atoms with van der Waals surface area (Å²) < 4.78 is 37.3. The zero-order valence-electron chi connectivity index (χ0n) is 10.4. The molecule has 0 aliphatic heterocycles. The molecule has 102 valence electrons. The minimum atomic E-state index is -4.35. The first-order valence-electron chi connectivity index (χ1n) is 5.61. The van der Waals surface area contributed by atoms with Gasteiger partial charge in [-0.1, -0.05) is 12.1 Å². The molecule has 0 aliphatic carbocycles. The molecule has 0 aliphatic rings. The van der Waals surface area contributed by atoms with Crippen LogP contribution < -0.4 is 0 Å². The van der Waals surface area contributed by atoms with Gasteiger partial charge in [0.1, 0.15) is 11.1 Å². The quantitative estimate of drug-likeness (QED) is 0.763. The average molecular weight is 294 g/mol. The van der Waals surface area contributed by atoms with E-state index >= 15 is 0 Å². The van der Waals surface area contributed by atoms with Crippen LogP contribution >= 0.6 is 11.3 Å². The van der Waals surface area contributed by atoms with Gasteiger partial charge in [0.05, 0.1) is 11.1 Å². The fourth-order valence-corrected chi connectivity index (χ4v) is 2.32. The molecule has 0 fully saturated rings. The Balaban J connectivity index is 2.32. The van der Waals surface area contributed by atoms with Crippen LogP contribution in [0.4, 0.5) is 13.2 Å². The summed E-state index contributed by atoms with van der Waals surface area (Å²) in [5, 5.41) is 11.5. The molecule has 1 heterocycles. The normalized spacial score (nSPS) is 12.2. The largest absolute Gasteiger partial charge is 0.416 e. The Morgan fingerprint density at radius 1 is 1.30 bits per heavy atom. The molecule has 0 saturated heterocycles. The predicted molar refractivity (Wildman–Crippen MR) is 71.8 cm³/mol. The topological polar surface area (TPSA) is 36.7 Å². The van der Waals surface area contributed by atoms with Crippen LogP contribution in [0, 0.1) is 18.3 Å². The Labute approximate surface area is 117 Å². The van der Waals surface area contributed by atoms with Crippen LogP contribution in [0.3, 0.4) is 0 Å². The maximum atomic E-state index is 12.4. The monoisotopic (exact) mass is 294 g/mol. The van der Waals surface area contributed by atoms with Gasteiger partial charge in [0.2, 0.25) is 0 Å². The van der Waals surface area contributed by atoms with E-state index < -0.39 is 11.7 Å². The van der Waals surface area contributed by atoms with Gasteiger partial charge in [0.25, 0.3) is 0 Å². The number of aromatic nitrogens is 1. The number of allylic oxidation sites excluding steroid dienone is 1. The molecule has 1 aromatic carbocycles. The van der Waals surface area contributed by atoms with E-state index in [9.17, 15) is 13.2 Å². The molecule has 1 aromatic heterocycles. The second-order valence-electron chi connectivity index (χ2n) is 4.08. The molecule has 6 heteroatoms. The third-order valence-electron chi connectivity index (χ3n) is 2.52. The van der Waals surface area contributed by atoms with E-state index in [1.54, 1.807) is 0 Å². The van der Waals surface area contributed by atoms with Crippen molar-refractivity contribution in [3.05, 3.63) is 51.5 Å². The molecule has 2 aromatic rings. The van der Waals surface area contributed by atoms with Gasteiger partial charge in [-0.05, 0) is 30.7 Å². The second-order valence-corrected chi connectivity index (χ2v) is 4.94. The van der Waals surface area contributed by atoms with Crippen LogP contribution in [-0.4, -0.2) is 4.98 Å². The molecule has 0 radical (unpaired) electrons. The number of benzene rings is 1. The minimum absolute atomic E-state index is 0.336. The zero-order valence-corrected chi connectivity index (χ0v) is 11.2. The van der Waals surface area contributed by atoms with Crippen LogP contribution in [0.2, 0.25) is 0 Å². The van der Waals surface area contributed by atoms with Crippen molar-refractivity contribution in [1.29, 1.82) is 5.26 Å². The van der Waals surface area contributed by atoms with Gasteiger partial charge in [-0.3, -0.25) is 0 Å². The highest BCUT2D eigenvalue weighted by Gasteiger charge is 2.29. The lowest BCUT2D eigenvalue weighted by atomic mass is 10.1. The Morgan fingerprint density at radius 2 is 1.95 bits per heavy atom. The molecule has 0 spiro atoms. The van der Waals surface area contributed by atoms with Crippen molar-refractivity contribution >= 4 is 23.0 Å². The number of halogens is 3. The van der Waals surface area contributed by atoms with Crippen LogP contribution in [0.25, 0.3) is 11.6 Å². The van der Waals surface area contributed by atoms with E-state index in [-0.39, 0.29) is 0 Å². The van der Waals surface area contributed by atoms with Crippen LogP contribution in [-0.2, 0) is 6.18 Å². The van der Waals surface area contributed by atoms with Gasteiger partial charge < -0.3 is 0 Å². The SMILES string of the molecule is Cc1csc(/C(C#N)=C/c2ccc(C(F)(F)F)cc2)n1. The minimum Gasteiger partial charge on any atom is -0.241 e. The van der Waals surface area contributed by atoms with Crippen LogP contribution in [0.5, 0.6) is 0 Å². The number of nitrogens with zero attached hydrogens (tertiary/aromatic N) is 2. The molecule has 0 saturated carbocycles. The van der Waals surface area contributed by atoms with Crippen LogP contribution in [0.1, 0.15) is 21.8 Å². The summed E-state index contributed by atoms with van der Waals surface area (Å²) in [6.07, 6.45) is -2.83. The van der Waals surface area contributed by atoms with Gasteiger partial charge in [-0.15, -0.1) is 11.3 Å². The van der Waals surface area contributed by atoms with E-state index in [0.717, 1.165) is 17.8 Å². The van der Waals surface area contributed by atoms with Gasteiger partial charge >= 0.3 is 6.18 Å². The van der Waals surface area contributed by atoms with Crippen molar-refractivity contribution in [3.63, 3.8) is 0 Å². The summed E-state index contributed by atoms with van der Waals surface area (Å²) in [6.45, 7) is 1.81. The Hall–Kier alpha value is -2.13. The molecule has 2 nitrogen and oxygen atoms in total. The fraction of sp³-hybridized carbons (Fsp3) is 0.143. The maximum Gasteiger partial charge on any atom is 0.416 e. The van der Waals surface area contributed by atoms with E-state index in [1.165, 1.54) is 29.5 Å². The highest BCUT2D eigenvalue weighted by Crippen LogP contribution is 2.29. The smallest absolute Gasteiger partial charge is 0.241 e. The average Bonchev–Trinajstić information content (AvgIpc) is 2.82. The highest BCUT2D eigenvalue weighted by molar-refractivity contribution is 7.11. The van der Waals surface area contributed by atoms with Crippen molar-refractivity contribution in [2.75, 3.05) is 0 Å². The van der Waals surface area contributed by atoms with Crippen molar-refractivity contribution < 1.29 is 13.2 Å². The Kier molecular flexibility index (Phi) is 3.91.